The van der Waals surface area contributed by atoms with Gasteiger partial charge in [0.2, 0.25) is 5.92 Å². The fourth-order valence-corrected chi connectivity index (χ4v) is 3.86. The average Bonchev–Trinajstić information content (AvgIpc) is 3.09. The molecule has 0 unspecified atom stereocenters. The quantitative estimate of drug-likeness (QED) is 0.813. The van der Waals surface area contributed by atoms with Crippen LogP contribution < -0.4 is 10.3 Å². The molecule has 0 amide bonds. The number of imidazole rings is 1. The summed E-state index contributed by atoms with van der Waals surface area (Å²) in [5.41, 5.74) is 0.176. The van der Waals surface area contributed by atoms with Gasteiger partial charge in [-0.25, -0.2) is 18.3 Å². The summed E-state index contributed by atoms with van der Waals surface area (Å²) in [7, 11) is 0. The van der Waals surface area contributed by atoms with E-state index in [0.29, 0.717) is 25.3 Å². The molecule has 1 aliphatic heterocycles. The lowest BCUT2D eigenvalue weighted by Crippen LogP contribution is -2.34. The summed E-state index contributed by atoms with van der Waals surface area (Å²) < 4.78 is 41.1. The highest BCUT2D eigenvalue weighted by atomic mass is 19.3. The largest absolute Gasteiger partial charge is 0.460 e. The fraction of sp³-hybridized carbons (Fsp3) is 0.722. The average molecular weight is 382 g/mol. The number of ether oxygens (including phenoxy) is 2. The van der Waals surface area contributed by atoms with Gasteiger partial charge in [-0.15, -0.1) is 5.10 Å². The maximum Gasteiger partial charge on any atom is 0.317 e. The van der Waals surface area contributed by atoms with Crippen molar-refractivity contribution in [1.82, 2.24) is 19.2 Å². The molecule has 2 aromatic heterocycles. The second-order valence-corrected chi connectivity index (χ2v) is 7.31. The second-order valence-electron chi connectivity index (χ2n) is 7.31. The number of hydrogen-bond donors (Lipinski definition) is 0. The van der Waals surface area contributed by atoms with Crippen LogP contribution in [0, 0.1) is 0 Å². The van der Waals surface area contributed by atoms with Crippen molar-refractivity contribution in [2.24, 2.45) is 0 Å². The van der Waals surface area contributed by atoms with Gasteiger partial charge >= 0.3 is 6.01 Å². The van der Waals surface area contributed by atoms with E-state index in [-0.39, 0.29) is 49.3 Å². The minimum atomic E-state index is -2.62. The van der Waals surface area contributed by atoms with Gasteiger partial charge in [-0.1, -0.05) is 0 Å². The zero-order valence-corrected chi connectivity index (χ0v) is 15.4. The molecule has 0 bridgehead atoms. The molecule has 148 valence electrons. The predicted molar refractivity (Wildman–Crippen MR) is 93.5 cm³/mol. The first-order chi connectivity index (χ1) is 13.0. The molecule has 0 aromatic carbocycles. The molecule has 7 nitrogen and oxygen atoms in total. The van der Waals surface area contributed by atoms with Gasteiger partial charge < -0.3 is 9.47 Å². The molecule has 0 spiro atoms. The van der Waals surface area contributed by atoms with Crippen molar-refractivity contribution < 1.29 is 18.3 Å². The molecular weight excluding hydrogens is 358 g/mol. The third-order valence-electron chi connectivity index (χ3n) is 5.48. The summed E-state index contributed by atoms with van der Waals surface area (Å²) >= 11 is 0. The van der Waals surface area contributed by atoms with Crippen LogP contribution in [0.25, 0.3) is 5.52 Å². The molecule has 1 saturated heterocycles. The number of aromatic nitrogens is 4. The van der Waals surface area contributed by atoms with Crippen molar-refractivity contribution in [3.63, 3.8) is 0 Å². The van der Waals surface area contributed by atoms with Crippen LogP contribution in [-0.4, -0.2) is 44.4 Å². The molecular formula is C18H24F2N4O3. The van der Waals surface area contributed by atoms with Crippen LogP contribution in [0.2, 0.25) is 0 Å². The van der Waals surface area contributed by atoms with Crippen molar-refractivity contribution >= 4 is 5.52 Å². The Labute approximate surface area is 155 Å². The molecule has 1 saturated carbocycles. The lowest BCUT2D eigenvalue weighted by molar-refractivity contribution is -0.0602. The molecule has 2 fully saturated rings. The van der Waals surface area contributed by atoms with E-state index in [9.17, 15) is 13.6 Å². The fourth-order valence-electron chi connectivity index (χ4n) is 3.86. The number of rotatable bonds is 4. The Morgan fingerprint density at radius 2 is 1.96 bits per heavy atom. The summed E-state index contributed by atoms with van der Waals surface area (Å²) in [5, 5.41) is 4.54. The first-order valence-corrected chi connectivity index (χ1v) is 9.59. The van der Waals surface area contributed by atoms with Crippen LogP contribution in [0.1, 0.15) is 57.2 Å². The maximum absolute atomic E-state index is 13.4. The van der Waals surface area contributed by atoms with E-state index in [0.717, 1.165) is 18.7 Å². The maximum atomic E-state index is 13.4. The lowest BCUT2D eigenvalue weighted by atomic mass is 9.94. The minimum Gasteiger partial charge on any atom is -0.460 e. The van der Waals surface area contributed by atoms with Gasteiger partial charge in [-0.3, -0.25) is 9.36 Å². The molecule has 4 rings (SSSR count). The molecule has 2 aromatic rings. The van der Waals surface area contributed by atoms with Gasteiger partial charge in [0.25, 0.3) is 5.56 Å². The van der Waals surface area contributed by atoms with Crippen LogP contribution in [-0.2, 0) is 11.3 Å². The summed E-state index contributed by atoms with van der Waals surface area (Å²) in [4.78, 5) is 17.3. The van der Waals surface area contributed by atoms with Gasteiger partial charge in [0, 0.05) is 38.5 Å². The van der Waals surface area contributed by atoms with Crippen molar-refractivity contribution in [2.75, 3.05) is 13.2 Å². The number of hydrogen-bond acceptors (Lipinski definition) is 5. The Balaban J connectivity index is 1.67. The monoisotopic (exact) mass is 382 g/mol. The molecule has 9 heteroatoms. The third-order valence-corrected chi connectivity index (χ3v) is 5.48. The number of halogens is 2. The Morgan fingerprint density at radius 1 is 1.26 bits per heavy atom. The molecule has 0 N–H and O–H groups in total. The number of alkyl halides is 2. The molecule has 1 aliphatic carbocycles. The smallest absolute Gasteiger partial charge is 0.317 e. The molecule has 3 heterocycles. The van der Waals surface area contributed by atoms with E-state index in [1.165, 1.54) is 4.57 Å². The first-order valence-electron chi connectivity index (χ1n) is 9.59. The zero-order valence-electron chi connectivity index (χ0n) is 15.4. The van der Waals surface area contributed by atoms with Crippen LogP contribution in [0.4, 0.5) is 8.78 Å². The Bertz CT molecular complexity index is 863. The normalized spacial score (nSPS) is 21.6. The van der Waals surface area contributed by atoms with Crippen molar-refractivity contribution in [3.8, 4) is 6.01 Å². The van der Waals surface area contributed by atoms with E-state index < -0.39 is 5.92 Å². The van der Waals surface area contributed by atoms with Crippen LogP contribution in [0.5, 0.6) is 6.01 Å². The first kappa shape index (κ1) is 18.3. The highest BCUT2D eigenvalue weighted by Gasteiger charge is 2.36. The predicted octanol–water partition coefficient (Wildman–Crippen LogP) is 2.76. The van der Waals surface area contributed by atoms with E-state index >= 15 is 0 Å². The van der Waals surface area contributed by atoms with Crippen molar-refractivity contribution in [1.29, 1.82) is 0 Å². The Hall–Kier alpha value is -2.03. The van der Waals surface area contributed by atoms with Gasteiger partial charge in [-0.05, 0) is 32.6 Å². The molecule has 2 aliphatic rings. The van der Waals surface area contributed by atoms with Crippen LogP contribution in [0.15, 0.2) is 11.0 Å². The van der Waals surface area contributed by atoms with Crippen LogP contribution in [0.3, 0.4) is 0 Å². The highest BCUT2D eigenvalue weighted by Crippen LogP contribution is 2.34. The van der Waals surface area contributed by atoms with E-state index in [1.807, 2.05) is 6.92 Å². The molecule has 27 heavy (non-hydrogen) atoms. The summed E-state index contributed by atoms with van der Waals surface area (Å²) in [5.74, 6) is -1.72. The van der Waals surface area contributed by atoms with Gasteiger partial charge in [-0.2, -0.15) is 0 Å². The molecule has 0 atom stereocenters. The van der Waals surface area contributed by atoms with Gasteiger partial charge in [0.05, 0.1) is 6.20 Å². The van der Waals surface area contributed by atoms with Gasteiger partial charge in [0.1, 0.15) is 11.9 Å². The SMILES string of the molecule is CCn1c(OC2CCC(F)(F)CC2)nn2c(C3CCOCC3)ncc2c1=O. The lowest BCUT2D eigenvalue weighted by Gasteiger charge is -2.28. The minimum absolute atomic E-state index is 0.173. The number of fused-ring (bicyclic) bond motifs is 1. The van der Waals surface area contributed by atoms with Crippen LogP contribution >= 0.6 is 0 Å². The van der Waals surface area contributed by atoms with E-state index in [4.69, 9.17) is 9.47 Å². The third kappa shape index (κ3) is 3.56. The summed E-state index contributed by atoms with van der Waals surface area (Å²) in [6.07, 6.45) is 2.95. The van der Waals surface area contributed by atoms with E-state index in [2.05, 4.69) is 10.1 Å². The Morgan fingerprint density at radius 3 is 2.63 bits per heavy atom. The Kier molecular flexibility index (Phi) is 4.88. The standard InChI is InChI=1S/C18H24F2N4O3/c1-2-23-16(25)14-11-21-15(12-5-9-26-10-6-12)24(14)22-17(23)27-13-3-7-18(19,20)8-4-13/h11-13H,2-10H2,1H3. The zero-order chi connectivity index (χ0) is 19.0. The van der Waals surface area contributed by atoms with Crippen molar-refractivity contribution in [3.05, 3.63) is 22.4 Å². The second kappa shape index (κ2) is 7.18. The van der Waals surface area contributed by atoms with E-state index in [1.54, 1.807) is 10.7 Å². The van der Waals surface area contributed by atoms with Crippen molar-refractivity contribution in [2.45, 2.75) is 69.9 Å². The highest BCUT2D eigenvalue weighted by molar-refractivity contribution is 5.43. The topological polar surface area (TPSA) is 70.7 Å². The van der Waals surface area contributed by atoms with Gasteiger partial charge in [0.15, 0.2) is 5.52 Å². The molecule has 0 radical (unpaired) electrons. The summed E-state index contributed by atoms with van der Waals surface area (Å²) in [6.45, 7) is 3.53. The number of nitrogens with zero attached hydrogens (tertiary/aromatic N) is 4. The summed E-state index contributed by atoms with van der Waals surface area (Å²) in [6, 6.07) is 0.177.